The first kappa shape index (κ1) is 15.0. The highest BCUT2D eigenvalue weighted by Gasteiger charge is 2.05. The molecule has 0 unspecified atom stereocenters. The fourth-order valence-electron chi connectivity index (χ4n) is 1.88. The minimum absolute atomic E-state index is 0.117. The number of hydrogen-bond acceptors (Lipinski definition) is 3. The molecule has 2 aromatic rings. The Bertz CT molecular complexity index is 617. The molecule has 0 saturated heterocycles. The predicted octanol–water partition coefficient (Wildman–Crippen LogP) is 2.34. The van der Waals surface area contributed by atoms with Crippen LogP contribution in [0.3, 0.4) is 0 Å². The molecule has 0 atom stereocenters. The first-order valence-corrected chi connectivity index (χ1v) is 6.64. The van der Waals surface area contributed by atoms with Crippen molar-refractivity contribution in [2.75, 3.05) is 18.5 Å². The number of carbonyl (C=O) groups excluding carboxylic acids is 1. The van der Waals surface area contributed by atoms with E-state index in [2.05, 4.69) is 5.32 Å². The lowest BCUT2D eigenvalue weighted by Gasteiger charge is -2.08. The van der Waals surface area contributed by atoms with E-state index in [9.17, 15) is 9.18 Å². The Morgan fingerprint density at radius 2 is 2.00 bits per heavy atom. The van der Waals surface area contributed by atoms with E-state index in [0.29, 0.717) is 30.2 Å². The monoisotopic (exact) mass is 288 g/mol. The van der Waals surface area contributed by atoms with E-state index < -0.39 is 0 Å². The summed E-state index contributed by atoms with van der Waals surface area (Å²) in [5.74, 6) is 0.0815. The van der Waals surface area contributed by atoms with Gasteiger partial charge in [0.2, 0.25) is 5.91 Å². The number of benzene rings is 2. The van der Waals surface area contributed by atoms with Crippen molar-refractivity contribution in [2.45, 2.75) is 6.42 Å². The van der Waals surface area contributed by atoms with Gasteiger partial charge < -0.3 is 15.8 Å². The lowest BCUT2D eigenvalue weighted by Crippen LogP contribution is -2.15. The van der Waals surface area contributed by atoms with Gasteiger partial charge in [0.05, 0.1) is 6.42 Å². The SMILES string of the molecule is NCCOc1cccc(NC(=O)Cc2cccc(F)c2)c1. The predicted molar refractivity (Wildman–Crippen MR) is 79.7 cm³/mol. The minimum Gasteiger partial charge on any atom is -0.492 e. The molecule has 1 amide bonds. The minimum atomic E-state index is -0.350. The Balaban J connectivity index is 1.96. The van der Waals surface area contributed by atoms with Crippen molar-refractivity contribution in [3.8, 4) is 5.75 Å². The van der Waals surface area contributed by atoms with Gasteiger partial charge in [-0.1, -0.05) is 18.2 Å². The number of amides is 1. The average molecular weight is 288 g/mol. The van der Waals surface area contributed by atoms with E-state index >= 15 is 0 Å². The van der Waals surface area contributed by atoms with E-state index in [1.54, 1.807) is 36.4 Å². The summed E-state index contributed by atoms with van der Waals surface area (Å²) >= 11 is 0. The van der Waals surface area contributed by atoms with Crippen LogP contribution in [0.4, 0.5) is 10.1 Å². The van der Waals surface area contributed by atoms with Crippen molar-refractivity contribution >= 4 is 11.6 Å². The molecule has 0 fully saturated rings. The van der Waals surface area contributed by atoms with Crippen molar-refractivity contribution in [3.05, 3.63) is 59.9 Å². The summed E-state index contributed by atoms with van der Waals surface area (Å²) in [5, 5.41) is 2.75. The third-order valence-electron chi connectivity index (χ3n) is 2.76. The summed E-state index contributed by atoms with van der Waals surface area (Å²) in [6.07, 6.45) is 0.117. The van der Waals surface area contributed by atoms with Gasteiger partial charge in [-0.05, 0) is 29.8 Å². The van der Waals surface area contributed by atoms with Gasteiger partial charge >= 0.3 is 0 Å². The van der Waals surface area contributed by atoms with Gasteiger partial charge in [-0.25, -0.2) is 4.39 Å². The molecular formula is C16H17FN2O2. The Kier molecular flexibility index (Phi) is 5.29. The first-order valence-electron chi connectivity index (χ1n) is 6.64. The molecule has 21 heavy (non-hydrogen) atoms. The van der Waals surface area contributed by atoms with Crippen molar-refractivity contribution in [2.24, 2.45) is 5.73 Å². The summed E-state index contributed by atoms with van der Waals surface area (Å²) in [6, 6.07) is 13.0. The van der Waals surface area contributed by atoms with Crippen molar-refractivity contribution in [1.29, 1.82) is 0 Å². The van der Waals surface area contributed by atoms with E-state index in [1.807, 2.05) is 0 Å². The number of carbonyl (C=O) groups is 1. The molecule has 0 bridgehead atoms. The number of anilines is 1. The van der Waals surface area contributed by atoms with Crippen molar-refractivity contribution in [3.63, 3.8) is 0 Å². The number of nitrogens with one attached hydrogen (secondary N) is 1. The Morgan fingerprint density at radius 1 is 1.19 bits per heavy atom. The zero-order chi connectivity index (χ0) is 15.1. The molecule has 3 N–H and O–H groups in total. The van der Waals surface area contributed by atoms with E-state index in [-0.39, 0.29) is 18.1 Å². The average Bonchev–Trinajstić information content (AvgIpc) is 2.45. The molecule has 4 nitrogen and oxygen atoms in total. The molecule has 0 aliphatic heterocycles. The Morgan fingerprint density at radius 3 is 2.76 bits per heavy atom. The molecule has 0 spiro atoms. The summed E-state index contributed by atoms with van der Waals surface area (Å²) in [7, 11) is 0. The van der Waals surface area contributed by atoms with Crippen LogP contribution in [0.15, 0.2) is 48.5 Å². The maximum absolute atomic E-state index is 13.1. The molecule has 2 rings (SSSR count). The van der Waals surface area contributed by atoms with Gasteiger partial charge in [-0.15, -0.1) is 0 Å². The molecule has 0 radical (unpaired) electrons. The van der Waals surface area contributed by atoms with Crippen molar-refractivity contribution < 1.29 is 13.9 Å². The van der Waals surface area contributed by atoms with E-state index in [0.717, 1.165) is 0 Å². The van der Waals surface area contributed by atoms with Crippen LogP contribution in [0.1, 0.15) is 5.56 Å². The Hall–Kier alpha value is -2.40. The van der Waals surface area contributed by atoms with Gasteiger partial charge in [0, 0.05) is 18.3 Å². The highest BCUT2D eigenvalue weighted by Crippen LogP contribution is 2.17. The number of hydrogen-bond donors (Lipinski definition) is 2. The third kappa shape index (κ3) is 4.89. The molecule has 0 aliphatic rings. The number of rotatable bonds is 6. The fourth-order valence-corrected chi connectivity index (χ4v) is 1.88. The number of halogens is 1. The van der Waals surface area contributed by atoms with Crippen LogP contribution in [-0.4, -0.2) is 19.1 Å². The fraction of sp³-hybridized carbons (Fsp3) is 0.188. The zero-order valence-electron chi connectivity index (χ0n) is 11.5. The maximum Gasteiger partial charge on any atom is 0.228 e. The molecule has 5 heteroatoms. The lowest BCUT2D eigenvalue weighted by molar-refractivity contribution is -0.115. The largest absolute Gasteiger partial charge is 0.492 e. The topological polar surface area (TPSA) is 64.3 Å². The zero-order valence-corrected chi connectivity index (χ0v) is 11.5. The van der Waals surface area contributed by atoms with Crippen molar-refractivity contribution in [1.82, 2.24) is 0 Å². The first-order chi connectivity index (χ1) is 10.2. The second-order valence-corrected chi connectivity index (χ2v) is 4.52. The molecule has 0 aliphatic carbocycles. The van der Waals surface area contributed by atoms with Crippen LogP contribution in [0.5, 0.6) is 5.75 Å². The molecule has 2 aromatic carbocycles. The highest BCUT2D eigenvalue weighted by atomic mass is 19.1. The van der Waals surface area contributed by atoms with Gasteiger partial charge in [0.1, 0.15) is 18.2 Å². The van der Waals surface area contributed by atoms with Crippen LogP contribution in [0.2, 0.25) is 0 Å². The van der Waals surface area contributed by atoms with Crippen LogP contribution < -0.4 is 15.8 Å². The molecule has 0 aromatic heterocycles. The highest BCUT2D eigenvalue weighted by molar-refractivity contribution is 5.92. The normalized spacial score (nSPS) is 10.2. The second-order valence-electron chi connectivity index (χ2n) is 4.52. The number of nitrogens with two attached hydrogens (primary N) is 1. The standard InChI is InChI=1S/C16H17FN2O2/c17-13-4-1-3-12(9-13)10-16(20)19-14-5-2-6-15(11-14)21-8-7-18/h1-6,9,11H,7-8,10,18H2,(H,19,20). The summed E-state index contributed by atoms with van der Waals surface area (Å²) in [4.78, 5) is 11.9. The third-order valence-corrected chi connectivity index (χ3v) is 2.76. The van der Waals surface area contributed by atoms with Gasteiger partial charge in [0.15, 0.2) is 0 Å². The summed E-state index contributed by atoms with van der Waals surface area (Å²) < 4.78 is 18.4. The van der Waals surface area contributed by atoms with Gasteiger partial charge in [-0.3, -0.25) is 4.79 Å². The number of ether oxygens (including phenoxy) is 1. The summed E-state index contributed by atoms with van der Waals surface area (Å²) in [6.45, 7) is 0.844. The smallest absolute Gasteiger partial charge is 0.228 e. The van der Waals surface area contributed by atoms with Crippen LogP contribution in [-0.2, 0) is 11.2 Å². The lowest BCUT2D eigenvalue weighted by atomic mass is 10.1. The van der Waals surface area contributed by atoms with E-state index in [4.69, 9.17) is 10.5 Å². The van der Waals surface area contributed by atoms with Crippen LogP contribution in [0, 0.1) is 5.82 Å². The van der Waals surface area contributed by atoms with E-state index in [1.165, 1.54) is 12.1 Å². The van der Waals surface area contributed by atoms with Gasteiger partial charge in [0.25, 0.3) is 0 Å². The molecular weight excluding hydrogens is 271 g/mol. The molecule has 0 heterocycles. The van der Waals surface area contributed by atoms with Crippen LogP contribution >= 0.6 is 0 Å². The van der Waals surface area contributed by atoms with Gasteiger partial charge in [-0.2, -0.15) is 0 Å². The second kappa shape index (κ2) is 7.40. The maximum atomic E-state index is 13.1. The Labute approximate surface area is 122 Å². The van der Waals surface area contributed by atoms with Crippen LogP contribution in [0.25, 0.3) is 0 Å². The summed E-state index contributed by atoms with van der Waals surface area (Å²) in [5.41, 5.74) is 6.63. The molecule has 0 saturated carbocycles. The molecule has 110 valence electrons. The quantitative estimate of drug-likeness (QED) is 0.857.